The van der Waals surface area contributed by atoms with Crippen molar-refractivity contribution < 1.29 is 13.2 Å². The molecule has 0 bridgehead atoms. The van der Waals surface area contributed by atoms with Crippen LogP contribution in [0.15, 0.2) is 34.2 Å². The summed E-state index contributed by atoms with van der Waals surface area (Å²) in [6.45, 7) is 0.488. The number of anilines is 1. The maximum absolute atomic E-state index is 12.5. The van der Waals surface area contributed by atoms with Gasteiger partial charge in [0.1, 0.15) is 5.01 Å². The van der Waals surface area contributed by atoms with E-state index in [2.05, 4.69) is 26.2 Å². The number of benzene rings is 1. The van der Waals surface area contributed by atoms with Crippen LogP contribution in [0.25, 0.3) is 0 Å². The fourth-order valence-corrected chi connectivity index (χ4v) is 2.42. The first kappa shape index (κ1) is 13.4. The van der Waals surface area contributed by atoms with E-state index in [-0.39, 0.29) is 0 Å². The maximum atomic E-state index is 12.5. The third-order valence-corrected chi connectivity index (χ3v) is 3.65. The lowest BCUT2D eigenvalue weighted by atomic mass is 10.2. The van der Waals surface area contributed by atoms with E-state index in [1.54, 1.807) is 6.20 Å². The number of alkyl halides is 3. The molecule has 0 amide bonds. The van der Waals surface area contributed by atoms with Crippen LogP contribution in [0.5, 0.6) is 0 Å². The molecule has 0 spiro atoms. The highest BCUT2D eigenvalue weighted by Gasteiger charge is 2.30. The summed E-state index contributed by atoms with van der Waals surface area (Å²) in [5.74, 6) is 0. The molecule has 0 aliphatic rings. The Hall–Kier alpha value is -1.08. The van der Waals surface area contributed by atoms with Crippen LogP contribution in [0.1, 0.15) is 10.6 Å². The number of hydrogen-bond acceptors (Lipinski definition) is 3. The van der Waals surface area contributed by atoms with Crippen molar-refractivity contribution in [2.45, 2.75) is 12.7 Å². The summed E-state index contributed by atoms with van der Waals surface area (Å²) in [4.78, 5) is 4.08. The van der Waals surface area contributed by atoms with Crippen LogP contribution in [-0.4, -0.2) is 4.98 Å². The highest BCUT2D eigenvalue weighted by molar-refractivity contribution is 9.10. The number of nitrogens with one attached hydrogen (secondary N) is 1. The summed E-state index contributed by atoms with van der Waals surface area (Å²) in [5.41, 5.74) is -0.0626. The Balaban J connectivity index is 2.10. The Labute approximate surface area is 114 Å². The van der Waals surface area contributed by atoms with Crippen LogP contribution < -0.4 is 5.32 Å². The zero-order valence-corrected chi connectivity index (χ0v) is 11.4. The summed E-state index contributed by atoms with van der Waals surface area (Å²) < 4.78 is 37.8. The molecular formula is C11H8BrF3N2S. The summed E-state index contributed by atoms with van der Waals surface area (Å²) in [6.07, 6.45) is -2.64. The first-order valence-corrected chi connectivity index (χ1v) is 6.63. The van der Waals surface area contributed by atoms with E-state index >= 15 is 0 Å². The lowest BCUT2D eigenvalue weighted by molar-refractivity contribution is -0.137. The topological polar surface area (TPSA) is 24.9 Å². The molecule has 1 aromatic heterocycles. The van der Waals surface area contributed by atoms with Crippen LogP contribution in [0.4, 0.5) is 18.9 Å². The molecule has 0 saturated carbocycles. The molecule has 2 nitrogen and oxygen atoms in total. The molecule has 0 unspecified atom stereocenters. The lowest BCUT2D eigenvalue weighted by Gasteiger charge is -2.11. The molecule has 1 N–H and O–H groups in total. The van der Waals surface area contributed by atoms with Gasteiger partial charge in [0.05, 0.1) is 12.1 Å². The van der Waals surface area contributed by atoms with Gasteiger partial charge in [-0.1, -0.05) is 0 Å². The van der Waals surface area contributed by atoms with Crippen molar-refractivity contribution in [1.82, 2.24) is 4.98 Å². The van der Waals surface area contributed by atoms with E-state index in [1.165, 1.54) is 17.4 Å². The van der Waals surface area contributed by atoms with E-state index in [4.69, 9.17) is 0 Å². The van der Waals surface area contributed by atoms with E-state index in [1.807, 2.05) is 5.38 Å². The Morgan fingerprint density at radius 3 is 2.67 bits per heavy atom. The molecular weight excluding hydrogens is 329 g/mol. The quantitative estimate of drug-likeness (QED) is 0.890. The number of halogens is 4. The van der Waals surface area contributed by atoms with Gasteiger partial charge in [-0.05, 0) is 34.1 Å². The minimum absolute atomic E-state index is 0.383. The van der Waals surface area contributed by atoms with Gasteiger partial charge in [-0.3, -0.25) is 0 Å². The minimum Gasteiger partial charge on any atom is -0.378 e. The molecule has 0 aliphatic carbocycles. The molecule has 1 aromatic carbocycles. The second kappa shape index (κ2) is 5.27. The maximum Gasteiger partial charge on any atom is 0.416 e. The Bertz CT molecular complexity index is 526. The number of thiazole rings is 1. The van der Waals surface area contributed by atoms with Crippen molar-refractivity contribution in [2.24, 2.45) is 0 Å². The minimum atomic E-state index is -4.32. The molecule has 0 fully saturated rings. The van der Waals surface area contributed by atoms with Gasteiger partial charge in [0.15, 0.2) is 0 Å². The van der Waals surface area contributed by atoms with Crippen molar-refractivity contribution >= 4 is 33.0 Å². The standard InChI is InChI=1S/C11H8BrF3N2S/c12-8-5-7(11(13,14)15)1-2-9(8)17-6-10-16-3-4-18-10/h1-5,17H,6H2. The largest absolute Gasteiger partial charge is 0.416 e. The Kier molecular flexibility index (Phi) is 3.91. The summed E-state index contributed by atoms with van der Waals surface area (Å²) in [6, 6.07) is 3.51. The van der Waals surface area contributed by atoms with Gasteiger partial charge in [0, 0.05) is 21.7 Å². The Morgan fingerprint density at radius 1 is 1.33 bits per heavy atom. The van der Waals surface area contributed by atoms with Crippen LogP contribution in [0.3, 0.4) is 0 Å². The van der Waals surface area contributed by atoms with Gasteiger partial charge in [-0.15, -0.1) is 11.3 Å². The van der Waals surface area contributed by atoms with Crippen LogP contribution in [0.2, 0.25) is 0 Å². The normalized spacial score (nSPS) is 11.6. The number of rotatable bonds is 3. The van der Waals surface area contributed by atoms with Crippen molar-refractivity contribution in [3.63, 3.8) is 0 Å². The zero-order chi connectivity index (χ0) is 13.2. The molecule has 2 aromatic rings. The van der Waals surface area contributed by atoms with Gasteiger partial charge in [0.2, 0.25) is 0 Å². The molecule has 0 atom stereocenters. The molecule has 2 rings (SSSR count). The average Bonchev–Trinajstić information content (AvgIpc) is 2.79. The predicted octanol–water partition coefficient (Wildman–Crippen LogP) is 4.54. The Morgan fingerprint density at radius 2 is 2.11 bits per heavy atom. The highest BCUT2D eigenvalue weighted by atomic mass is 79.9. The third-order valence-electron chi connectivity index (χ3n) is 2.21. The molecule has 96 valence electrons. The molecule has 18 heavy (non-hydrogen) atoms. The van der Waals surface area contributed by atoms with Crippen molar-refractivity contribution in [1.29, 1.82) is 0 Å². The van der Waals surface area contributed by atoms with Crippen LogP contribution in [-0.2, 0) is 12.7 Å². The first-order valence-electron chi connectivity index (χ1n) is 4.96. The SMILES string of the molecule is FC(F)(F)c1ccc(NCc2nccs2)c(Br)c1. The summed E-state index contributed by atoms with van der Waals surface area (Å²) in [5, 5.41) is 5.75. The van der Waals surface area contributed by atoms with Crippen molar-refractivity contribution in [3.05, 3.63) is 44.8 Å². The summed E-state index contributed by atoms with van der Waals surface area (Å²) in [7, 11) is 0. The predicted molar refractivity (Wildman–Crippen MR) is 68.6 cm³/mol. The molecule has 1 heterocycles. The van der Waals surface area contributed by atoms with E-state index in [0.29, 0.717) is 16.7 Å². The van der Waals surface area contributed by atoms with Gasteiger partial charge < -0.3 is 5.32 Å². The zero-order valence-electron chi connectivity index (χ0n) is 8.96. The average molecular weight is 337 g/mol. The number of hydrogen-bond donors (Lipinski definition) is 1. The van der Waals surface area contributed by atoms with Crippen LogP contribution >= 0.6 is 27.3 Å². The highest BCUT2D eigenvalue weighted by Crippen LogP contribution is 2.34. The first-order chi connectivity index (χ1) is 8.47. The van der Waals surface area contributed by atoms with Gasteiger partial charge >= 0.3 is 6.18 Å². The monoisotopic (exact) mass is 336 g/mol. The van der Waals surface area contributed by atoms with Gasteiger partial charge in [0.25, 0.3) is 0 Å². The van der Waals surface area contributed by atoms with Crippen molar-refractivity contribution in [2.75, 3.05) is 5.32 Å². The summed E-state index contributed by atoms with van der Waals surface area (Å²) >= 11 is 4.61. The van der Waals surface area contributed by atoms with Crippen molar-refractivity contribution in [3.8, 4) is 0 Å². The van der Waals surface area contributed by atoms with Gasteiger partial charge in [-0.25, -0.2) is 4.98 Å². The van der Waals surface area contributed by atoms with E-state index in [0.717, 1.165) is 17.1 Å². The fraction of sp³-hybridized carbons (Fsp3) is 0.182. The second-order valence-electron chi connectivity index (χ2n) is 3.47. The molecule has 0 saturated heterocycles. The molecule has 0 radical (unpaired) electrons. The molecule has 7 heteroatoms. The van der Waals surface area contributed by atoms with E-state index in [9.17, 15) is 13.2 Å². The smallest absolute Gasteiger partial charge is 0.378 e. The molecule has 0 aliphatic heterocycles. The third kappa shape index (κ3) is 3.23. The van der Waals surface area contributed by atoms with Crippen LogP contribution in [0, 0.1) is 0 Å². The second-order valence-corrected chi connectivity index (χ2v) is 5.31. The fourth-order valence-electron chi connectivity index (χ4n) is 1.35. The number of nitrogens with zero attached hydrogens (tertiary/aromatic N) is 1. The van der Waals surface area contributed by atoms with E-state index < -0.39 is 11.7 Å². The lowest BCUT2D eigenvalue weighted by Crippen LogP contribution is -2.06. The van der Waals surface area contributed by atoms with Gasteiger partial charge in [-0.2, -0.15) is 13.2 Å². The number of aromatic nitrogens is 1.